The highest BCUT2D eigenvalue weighted by Crippen LogP contribution is 2.26. The predicted molar refractivity (Wildman–Crippen MR) is 179 cm³/mol. The second kappa shape index (κ2) is 21.0. The highest BCUT2D eigenvalue weighted by molar-refractivity contribution is 5.94. The average Bonchev–Trinajstić information content (AvgIpc) is 3.12. The van der Waals surface area contributed by atoms with Crippen molar-refractivity contribution in [2.45, 2.75) is 45.1 Å². The van der Waals surface area contributed by atoms with Crippen LogP contribution in [0.3, 0.4) is 0 Å². The summed E-state index contributed by atoms with van der Waals surface area (Å²) in [5.74, 6) is -1.73. The Morgan fingerprint density at radius 3 is 1.80 bits per heavy atom. The Labute approximate surface area is 294 Å². The van der Waals surface area contributed by atoms with E-state index in [9.17, 15) is 28.8 Å². The molecule has 0 saturated carbocycles. The minimum atomic E-state index is -0.924. The first kappa shape index (κ1) is 39.3. The van der Waals surface area contributed by atoms with E-state index in [4.69, 9.17) is 37.9 Å². The van der Waals surface area contributed by atoms with Crippen LogP contribution in [0.4, 0.5) is 9.59 Å². The molecule has 0 radical (unpaired) electrons. The molecule has 14 nitrogen and oxygen atoms in total. The number of ether oxygens (including phenoxy) is 8. The first-order chi connectivity index (χ1) is 24.6. The molecule has 0 amide bonds. The van der Waals surface area contributed by atoms with E-state index >= 15 is 0 Å². The zero-order valence-electron chi connectivity index (χ0n) is 28.0. The van der Waals surface area contributed by atoms with Gasteiger partial charge < -0.3 is 37.9 Å². The Morgan fingerprint density at radius 1 is 0.686 bits per heavy atom. The smallest absolute Gasteiger partial charge is 0.463 e. The van der Waals surface area contributed by atoms with Crippen LogP contribution in [-0.2, 0) is 38.1 Å². The highest BCUT2D eigenvalue weighted by atomic mass is 16.7. The number of carbonyl (C=O) groups excluding carboxylic acids is 6. The second-order valence-corrected chi connectivity index (χ2v) is 10.6. The third kappa shape index (κ3) is 14.5. The van der Waals surface area contributed by atoms with Crippen LogP contribution >= 0.6 is 0 Å². The van der Waals surface area contributed by atoms with Crippen molar-refractivity contribution in [2.75, 3.05) is 26.4 Å². The molecule has 0 saturated heterocycles. The summed E-state index contributed by atoms with van der Waals surface area (Å²) in [5.41, 5.74) is 0.974. The number of carbonyl (C=O) groups is 6. The summed E-state index contributed by atoms with van der Waals surface area (Å²) in [6, 6.07) is 10.1. The van der Waals surface area contributed by atoms with E-state index in [1.54, 1.807) is 19.1 Å². The maximum absolute atomic E-state index is 12.7. The molecule has 14 heteroatoms. The molecule has 3 rings (SSSR count). The molecule has 0 N–H and O–H groups in total. The van der Waals surface area contributed by atoms with E-state index in [2.05, 4.69) is 13.2 Å². The summed E-state index contributed by atoms with van der Waals surface area (Å²) in [6.45, 7) is 8.81. The third-order valence-corrected chi connectivity index (χ3v) is 6.73. The Kier molecular flexibility index (Phi) is 16.2. The molecule has 2 aromatic carbocycles. The summed E-state index contributed by atoms with van der Waals surface area (Å²) >= 11 is 0. The lowest BCUT2D eigenvalue weighted by atomic mass is 10.1. The maximum atomic E-state index is 12.7. The van der Waals surface area contributed by atoms with E-state index in [0.717, 1.165) is 12.2 Å². The molecule has 0 bridgehead atoms. The normalized spacial score (nSPS) is 13.0. The van der Waals surface area contributed by atoms with Crippen LogP contribution < -0.4 is 14.2 Å². The second-order valence-electron chi connectivity index (χ2n) is 10.6. The van der Waals surface area contributed by atoms with E-state index in [-0.39, 0.29) is 61.2 Å². The fourth-order valence-corrected chi connectivity index (χ4v) is 4.09. The van der Waals surface area contributed by atoms with E-state index in [1.807, 2.05) is 0 Å². The monoisotopic (exact) mass is 706 g/mol. The van der Waals surface area contributed by atoms with Crippen LogP contribution in [0.2, 0.25) is 0 Å². The molecule has 0 aliphatic heterocycles. The van der Waals surface area contributed by atoms with E-state index < -0.39 is 42.3 Å². The SMILES string of the molecule is C=CC(=O)OCCCCOC(=O)Oc1ccc(C(=O)Oc2ccc(OC(=O)C3=CCC(OC(=O)OCCCCOC(=O)C=C)C=C3)c(C)c2)cc1. The van der Waals surface area contributed by atoms with Crippen LogP contribution in [-0.4, -0.2) is 68.7 Å². The van der Waals surface area contributed by atoms with Gasteiger partial charge in [0.25, 0.3) is 0 Å². The summed E-state index contributed by atoms with van der Waals surface area (Å²) in [4.78, 5) is 71.2. The number of rotatable bonds is 18. The van der Waals surface area contributed by atoms with Crippen molar-refractivity contribution in [3.05, 3.63) is 103 Å². The quantitative estimate of drug-likeness (QED) is 0.0436. The fourth-order valence-electron chi connectivity index (χ4n) is 4.09. The van der Waals surface area contributed by atoms with Crippen LogP contribution in [0.15, 0.2) is 91.6 Å². The van der Waals surface area contributed by atoms with Crippen molar-refractivity contribution in [1.82, 2.24) is 0 Å². The molecular weight excluding hydrogens is 668 g/mol. The van der Waals surface area contributed by atoms with Gasteiger partial charge in [-0.25, -0.2) is 28.8 Å². The lowest BCUT2D eigenvalue weighted by molar-refractivity contribution is -0.138. The van der Waals surface area contributed by atoms with Gasteiger partial charge in [-0.2, -0.15) is 0 Å². The molecule has 51 heavy (non-hydrogen) atoms. The number of unbranched alkanes of at least 4 members (excludes halogenated alkanes) is 2. The number of benzene rings is 2. The maximum Gasteiger partial charge on any atom is 0.513 e. The Morgan fingerprint density at radius 2 is 1.25 bits per heavy atom. The van der Waals surface area contributed by atoms with Crippen molar-refractivity contribution in [3.8, 4) is 17.2 Å². The minimum Gasteiger partial charge on any atom is -0.463 e. The van der Waals surface area contributed by atoms with Gasteiger partial charge in [-0.05, 0) is 92.8 Å². The molecule has 0 aromatic heterocycles. The third-order valence-electron chi connectivity index (χ3n) is 6.73. The number of hydrogen-bond donors (Lipinski definition) is 0. The van der Waals surface area contributed by atoms with Gasteiger partial charge in [0, 0.05) is 18.6 Å². The van der Waals surface area contributed by atoms with Gasteiger partial charge in [-0.15, -0.1) is 0 Å². The van der Waals surface area contributed by atoms with Gasteiger partial charge in [-0.3, -0.25) is 0 Å². The summed E-state index contributed by atoms with van der Waals surface area (Å²) in [5, 5.41) is 0. The first-order valence-corrected chi connectivity index (χ1v) is 15.9. The van der Waals surface area contributed by atoms with Crippen molar-refractivity contribution in [1.29, 1.82) is 0 Å². The molecule has 1 aliphatic rings. The fraction of sp³-hybridized carbons (Fsp3) is 0.297. The molecule has 2 aromatic rings. The summed E-state index contributed by atoms with van der Waals surface area (Å²) < 4.78 is 40.9. The standard InChI is InChI=1S/C37H38O14/c1-4-32(38)44-20-6-8-22-46-36(42)49-28-14-10-26(11-15-28)34(40)48-30-18-19-31(25(3)24-30)51-35(41)27-12-16-29(17-13-27)50-37(43)47-23-9-7-21-45-33(39)5-2/h4-5,10-16,18-19,24,29H,1-2,6-9,17,20-23H2,3H3. The van der Waals surface area contributed by atoms with Crippen molar-refractivity contribution < 1.29 is 66.7 Å². The van der Waals surface area contributed by atoms with Crippen molar-refractivity contribution in [3.63, 3.8) is 0 Å². The number of esters is 4. The summed E-state index contributed by atoms with van der Waals surface area (Å²) in [6.07, 6.45) is 6.51. The zero-order valence-corrected chi connectivity index (χ0v) is 28.0. The zero-order chi connectivity index (χ0) is 37.0. The molecule has 1 unspecified atom stereocenters. The van der Waals surface area contributed by atoms with Crippen LogP contribution in [0.5, 0.6) is 17.2 Å². The lowest BCUT2D eigenvalue weighted by Gasteiger charge is -2.17. The largest absolute Gasteiger partial charge is 0.513 e. The Hall–Kier alpha value is -6.18. The Balaban J connectivity index is 1.37. The average molecular weight is 707 g/mol. The van der Waals surface area contributed by atoms with Crippen LogP contribution in [0.1, 0.15) is 48.0 Å². The molecular formula is C37H38O14. The molecule has 270 valence electrons. The van der Waals surface area contributed by atoms with Gasteiger partial charge in [0.2, 0.25) is 0 Å². The molecule has 0 spiro atoms. The van der Waals surface area contributed by atoms with Crippen LogP contribution in [0.25, 0.3) is 0 Å². The van der Waals surface area contributed by atoms with Gasteiger partial charge in [0.1, 0.15) is 23.4 Å². The van der Waals surface area contributed by atoms with Gasteiger partial charge >= 0.3 is 36.2 Å². The van der Waals surface area contributed by atoms with Crippen molar-refractivity contribution >= 4 is 36.2 Å². The minimum absolute atomic E-state index is 0.0688. The number of hydrogen-bond acceptors (Lipinski definition) is 14. The molecule has 1 aliphatic carbocycles. The molecule has 0 heterocycles. The van der Waals surface area contributed by atoms with Crippen molar-refractivity contribution in [2.24, 2.45) is 0 Å². The predicted octanol–water partition coefficient (Wildman–Crippen LogP) is 6.06. The van der Waals surface area contributed by atoms with Crippen LogP contribution in [0, 0.1) is 6.92 Å². The highest BCUT2D eigenvalue weighted by Gasteiger charge is 2.20. The number of aryl methyl sites for hydroxylation is 1. The Bertz CT molecular complexity index is 1640. The van der Waals surface area contributed by atoms with Gasteiger partial charge in [0.15, 0.2) is 0 Å². The first-order valence-electron chi connectivity index (χ1n) is 15.9. The van der Waals surface area contributed by atoms with Gasteiger partial charge in [0.05, 0.1) is 37.6 Å². The molecule has 0 fully saturated rings. The van der Waals surface area contributed by atoms with E-state index in [1.165, 1.54) is 48.5 Å². The molecule has 1 atom stereocenters. The summed E-state index contributed by atoms with van der Waals surface area (Å²) in [7, 11) is 0. The topological polar surface area (TPSA) is 176 Å². The lowest BCUT2D eigenvalue weighted by Crippen LogP contribution is -2.20. The van der Waals surface area contributed by atoms with E-state index in [0.29, 0.717) is 31.2 Å². The van der Waals surface area contributed by atoms with Gasteiger partial charge in [-0.1, -0.05) is 19.2 Å².